The van der Waals surface area contributed by atoms with E-state index in [1.165, 1.54) is 64.2 Å². The Hall–Kier alpha value is -3.78. The van der Waals surface area contributed by atoms with Gasteiger partial charge >= 0.3 is 0 Å². The Labute approximate surface area is 363 Å². The van der Waals surface area contributed by atoms with E-state index in [4.69, 9.17) is 14.2 Å². The minimum absolute atomic E-state index is 0.0412. The van der Waals surface area contributed by atoms with Crippen LogP contribution in [0.25, 0.3) is 0 Å². The zero-order valence-corrected chi connectivity index (χ0v) is 38.3. The molecule has 332 valence electrons. The predicted molar refractivity (Wildman–Crippen MR) is 246 cm³/mol. The molecule has 0 fully saturated rings. The highest BCUT2D eigenvalue weighted by Gasteiger charge is 2.37. The van der Waals surface area contributed by atoms with Crippen molar-refractivity contribution in [3.63, 3.8) is 0 Å². The predicted octanol–water partition coefficient (Wildman–Crippen LogP) is 11.4. The van der Waals surface area contributed by atoms with Crippen LogP contribution in [0, 0.1) is 0 Å². The van der Waals surface area contributed by atoms with Crippen molar-refractivity contribution in [2.45, 2.75) is 154 Å². The van der Waals surface area contributed by atoms with Gasteiger partial charge in [-0.1, -0.05) is 144 Å². The SMILES string of the molecule is COc1ccc(C(OCCCCCCCCCCCCNC(=O)CNC(=O)CCCCCCCCCCC/[P+]([O-])=N/C(C)C)(c2ccccc2)c2ccc(OC)cc2)cc1. The van der Waals surface area contributed by atoms with Gasteiger partial charge in [-0.3, -0.25) is 9.59 Å². The van der Waals surface area contributed by atoms with Gasteiger partial charge in [-0.2, -0.15) is 0 Å². The van der Waals surface area contributed by atoms with Crippen LogP contribution in [-0.4, -0.2) is 57.9 Å². The maximum absolute atomic E-state index is 12.2. The fraction of sp³-hybridized carbons (Fsp3) is 0.600. The van der Waals surface area contributed by atoms with Crippen LogP contribution in [0.4, 0.5) is 0 Å². The van der Waals surface area contributed by atoms with Crippen molar-refractivity contribution in [1.82, 2.24) is 10.6 Å². The Balaban J connectivity index is 1.18. The van der Waals surface area contributed by atoms with Gasteiger partial charge in [0.15, 0.2) is 7.94 Å². The molecule has 2 N–H and O–H groups in total. The first-order valence-electron chi connectivity index (χ1n) is 23.0. The third kappa shape index (κ3) is 20.2. The first kappa shape index (κ1) is 50.6. The van der Waals surface area contributed by atoms with Crippen molar-refractivity contribution in [1.29, 1.82) is 0 Å². The molecule has 3 aromatic rings. The lowest BCUT2D eigenvalue weighted by Gasteiger charge is -2.36. The van der Waals surface area contributed by atoms with Crippen molar-refractivity contribution < 1.29 is 28.7 Å². The quantitative estimate of drug-likeness (QED) is 0.0351. The molecule has 0 saturated heterocycles. The zero-order valence-electron chi connectivity index (χ0n) is 37.4. The lowest BCUT2D eigenvalue weighted by atomic mass is 9.80. The van der Waals surface area contributed by atoms with Gasteiger partial charge in [0.2, 0.25) is 11.8 Å². The summed E-state index contributed by atoms with van der Waals surface area (Å²) in [4.78, 5) is 36.1. The Morgan fingerprint density at radius 2 is 1.03 bits per heavy atom. The molecule has 0 aliphatic heterocycles. The van der Waals surface area contributed by atoms with E-state index >= 15 is 0 Å². The van der Waals surface area contributed by atoms with Gasteiger partial charge in [0.25, 0.3) is 0 Å². The molecule has 10 heteroatoms. The number of carbonyl (C=O) groups excluding carboxylic acids is 2. The lowest BCUT2D eigenvalue weighted by molar-refractivity contribution is -0.155. The lowest BCUT2D eigenvalue weighted by Crippen LogP contribution is -2.37. The van der Waals surface area contributed by atoms with Crippen LogP contribution in [-0.2, 0) is 19.9 Å². The van der Waals surface area contributed by atoms with Gasteiger partial charge in [-0.25, -0.2) is 0 Å². The summed E-state index contributed by atoms with van der Waals surface area (Å²) in [6.45, 7) is 5.30. The van der Waals surface area contributed by atoms with Crippen LogP contribution >= 0.6 is 7.94 Å². The molecular weight excluding hydrogens is 770 g/mol. The maximum Gasteiger partial charge on any atom is 0.239 e. The molecule has 0 radical (unpaired) electrons. The second kappa shape index (κ2) is 31.1. The first-order chi connectivity index (χ1) is 29.3. The molecule has 3 aromatic carbocycles. The molecule has 2 amide bonds. The second-order valence-electron chi connectivity index (χ2n) is 16.2. The number of unbranched alkanes of at least 4 members (excludes halogenated alkanes) is 17. The molecule has 9 nitrogen and oxygen atoms in total. The summed E-state index contributed by atoms with van der Waals surface area (Å²) >= 11 is 0. The minimum Gasteiger partial charge on any atom is -0.612 e. The molecule has 0 spiro atoms. The van der Waals surface area contributed by atoms with Crippen molar-refractivity contribution >= 4 is 19.8 Å². The minimum atomic E-state index is -1.38. The third-order valence-corrected chi connectivity index (χ3v) is 12.4. The molecule has 60 heavy (non-hydrogen) atoms. The van der Waals surface area contributed by atoms with Gasteiger partial charge < -0.3 is 29.7 Å². The topological polar surface area (TPSA) is 121 Å². The van der Waals surface area contributed by atoms with E-state index in [-0.39, 0.29) is 24.4 Å². The average molecular weight is 846 g/mol. The average Bonchev–Trinajstić information content (AvgIpc) is 3.26. The number of benzene rings is 3. The summed E-state index contributed by atoms with van der Waals surface area (Å²) in [6.07, 6.45) is 22.7. The summed E-state index contributed by atoms with van der Waals surface area (Å²) in [6, 6.07) is 27.0. The smallest absolute Gasteiger partial charge is 0.239 e. The van der Waals surface area contributed by atoms with Crippen LogP contribution in [0.1, 0.15) is 159 Å². The van der Waals surface area contributed by atoms with Crippen LogP contribution in [0.5, 0.6) is 11.5 Å². The zero-order chi connectivity index (χ0) is 43.1. The van der Waals surface area contributed by atoms with E-state index in [9.17, 15) is 14.5 Å². The Morgan fingerprint density at radius 3 is 1.53 bits per heavy atom. The fourth-order valence-corrected chi connectivity index (χ4v) is 8.71. The number of hydrogen-bond acceptors (Lipinski definition) is 7. The number of rotatable bonds is 34. The molecule has 0 aliphatic rings. The molecular formula is C50H76N3O6P. The largest absolute Gasteiger partial charge is 0.612 e. The number of nitrogens with one attached hydrogen (secondary N) is 2. The van der Waals surface area contributed by atoms with Gasteiger partial charge in [-0.05, 0) is 86.9 Å². The van der Waals surface area contributed by atoms with E-state index in [1.54, 1.807) is 14.2 Å². The molecule has 0 saturated carbocycles. The first-order valence-corrected chi connectivity index (χ1v) is 24.4. The summed E-state index contributed by atoms with van der Waals surface area (Å²) in [5.74, 6) is 1.47. The Morgan fingerprint density at radius 1 is 0.583 bits per heavy atom. The molecule has 1 atom stereocenters. The highest BCUT2D eigenvalue weighted by atomic mass is 31.1. The van der Waals surface area contributed by atoms with E-state index in [0.717, 1.165) is 92.1 Å². The van der Waals surface area contributed by atoms with E-state index in [1.807, 2.05) is 44.2 Å². The molecule has 0 bridgehead atoms. The van der Waals surface area contributed by atoms with E-state index in [0.29, 0.717) is 19.6 Å². The summed E-state index contributed by atoms with van der Waals surface area (Å²) in [7, 11) is 2.00. The van der Waals surface area contributed by atoms with Gasteiger partial charge in [-0.15, -0.1) is 4.74 Å². The van der Waals surface area contributed by atoms with E-state index in [2.05, 4.69) is 63.9 Å². The van der Waals surface area contributed by atoms with Gasteiger partial charge in [0.1, 0.15) is 23.3 Å². The number of methoxy groups -OCH3 is 2. The van der Waals surface area contributed by atoms with Crippen LogP contribution < -0.4 is 25.0 Å². The molecule has 3 rings (SSSR count). The summed E-state index contributed by atoms with van der Waals surface area (Å²) < 4.78 is 22.1. The summed E-state index contributed by atoms with van der Waals surface area (Å²) in [5.41, 5.74) is 2.43. The fourth-order valence-electron chi connectivity index (χ4n) is 7.58. The molecule has 0 aromatic heterocycles. The standard InChI is InChI=1S/C50H76N3O6P/c1-42(2)53-60(56)40-26-19-15-11-7-8-12-16-23-29-48(54)52-41-49(55)51-38-24-17-13-9-5-6-10-14-18-25-39-59-50(43-27-21-20-22-28-43,44-30-34-46(57-3)35-31-44)45-32-36-47(58-4)37-33-45/h20-22,27-28,30-37,42H,5-19,23-26,29,38-41H2,1-4H3,(H,51,55)(H,52,54). The van der Waals surface area contributed by atoms with Gasteiger partial charge in [0.05, 0.1) is 26.8 Å². The highest BCUT2D eigenvalue weighted by molar-refractivity contribution is 7.39. The number of ether oxygens (including phenoxy) is 3. The highest BCUT2D eigenvalue weighted by Crippen LogP contribution is 2.42. The van der Waals surface area contributed by atoms with E-state index < -0.39 is 13.5 Å². The number of nitrogens with zero attached hydrogens (tertiary/aromatic N) is 1. The number of carbonyl (C=O) groups is 2. The van der Waals surface area contributed by atoms with Crippen molar-refractivity contribution in [2.75, 3.05) is 40.1 Å². The van der Waals surface area contributed by atoms with Crippen molar-refractivity contribution in [2.24, 2.45) is 4.74 Å². The second-order valence-corrected chi connectivity index (χ2v) is 17.6. The molecule has 0 heterocycles. The Bertz CT molecular complexity index is 1550. The molecule has 1 unspecified atom stereocenters. The van der Waals surface area contributed by atoms with Gasteiger partial charge in [0, 0.05) is 19.6 Å². The maximum atomic E-state index is 12.2. The van der Waals surface area contributed by atoms with Crippen molar-refractivity contribution in [3.8, 4) is 11.5 Å². The normalized spacial score (nSPS) is 11.8. The van der Waals surface area contributed by atoms with Crippen LogP contribution in [0.2, 0.25) is 0 Å². The summed E-state index contributed by atoms with van der Waals surface area (Å²) in [5, 5.41) is 5.72. The van der Waals surface area contributed by atoms with Crippen LogP contribution in [0.15, 0.2) is 83.6 Å². The third-order valence-electron chi connectivity index (χ3n) is 10.9. The monoisotopic (exact) mass is 846 g/mol. The number of amides is 2. The Kier molecular flexibility index (Phi) is 26.2. The van der Waals surface area contributed by atoms with Crippen molar-refractivity contribution in [3.05, 3.63) is 95.6 Å². The number of hydrogen-bond donors (Lipinski definition) is 2. The van der Waals surface area contributed by atoms with Crippen LogP contribution in [0.3, 0.4) is 0 Å². The molecule has 0 aliphatic carbocycles.